The van der Waals surface area contributed by atoms with Crippen molar-refractivity contribution < 1.29 is 13.3 Å². The van der Waals surface area contributed by atoms with Crippen LogP contribution in [0.4, 0.5) is 17.1 Å². The molecule has 0 saturated heterocycles. The van der Waals surface area contributed by atoms with Crippen molar-refractivity contribution in [1.29, 1.82) is 0 Å². The summed E-state index contributed by atoms with van der Waals surface area (Å²) in [6.07, 6.45) is 0. The molecule has 51 heavy (non-hydrogen) atoms. The second-order valence-corrected chi connectivity index (χ2v) is 14.0. The van der Waals surface area contributed by atoms with Crippen LogP contribution in [-0.4, -0.2) is 4.98 Å². The van der Waals surface area contributed by atoms with Gasteiger partial charge in [-0.2, -0.15) is 0 Å². The first-order chi connectivity index (χ1) is 25.0. The van der Waals surface area contributed by atoms with E-state index in [2.05, 4.69) is 116 Å². The number of rotatable bonds is 4. The first kappa shape index (κ1) is 28.3. The van der Waals surface area contributed by atoms with Gasteiger partial charge in [-0.1, -0.05) is 80.6 Å². The van der Waals surface area contributed by atoms with Gasteiger partial charge in [-0.15, -0.1) is 0 Å². The van der Waals surface area contributed by atoms with Crippen molar-refractivity contribution in [3.63, 3.8) is 0 Å². The molecular formula is C46H30N2O3. The van der Waals surface area contributed by atoms with Gasteiger partial charge in [0.1, 0.15) is 27.8 Å². The van der Waals surface area contributed by atoms with Crippen molar-refractivity contribution in [2.75, 3.05) is 4.90 Å². The number of para-hydroxylation sites is 1. The van der Waals surface area contributed by atoms with E-state index in [1.54, 1.807) is 0 Å². The van der Waals surface area contributed by atoms with E-state index in [-0.39, 0.29) is 5.41 Å². The molecule has 0 radical (unpaired) electrons. The van der Waals surface area contributed by atoms with Gasteiger partial charge < -0.3 is 18.2 Å². The molecule has 3 heterocycles. The second kappa shape index (κ2) is 10.2. The lowest BCUT2D eigenvalue weighted by Gasteiger charge is -2.27. The molecule has 242 valence electrons. The Balaban J connectivity index is 1.12. The second-order valence-electron chi connectivity index (χ2n) is 14.0. The minimum Gasteiger partial charge on any atom is -0.456 e. The molecule has 10 aromatic rings. The molecule has 1 aliphatic rings. The van der Waals surface area contributed by atoms with Crippen LogP contribution in [0.2, 0.25) is 0 Å². The van der Waals surface area contributed by atoms with Crippen LogP contribution in [0.15, 0.2) is 159 Å². The average molecular weight is 659 g/mol. The fourth-order valence-corrected chi connectivity index (χ4v) is 8.18. The van der Waals surface area contributed by atoms with Gasteiger partial charge in [-0.05, 0) is 95.1 Å². The molecule has 7 aromatic carbocycles. The third-order valence-corrected chi connectivity index (χ3v) is 10.7. The molecule has 0 saturated carbocycles. The van der Waals surface area contributed by atoms with E-state index in [0.29, 0.717) is 11.5 Å². The van der Waals surface area contributed by atoms with Crippen LogP contribution in [-0.2, 0) is 5.41 Å². The van der Waals surface area contributed by atoms with Gasteiger partial charge in [-0.25, -0.2) is 4.98 Å². The first-order valence-electron chi connectivity index (χ1n) is 17.3. The van der Waals surface area contributed by atoms with E-state index in [1.807, 2.05) is 48.5 Å². The third kappa shape index (κ3) is 4.12. The highest BCUT2D eigenvalue weighted by atomic mass is 16.4. The third-order valence-electron chi connectivity index (χ3n) is 10.7. The Morgan fingerprint density at radius 1 is 0.451 bits per heavy atom. The van der Waals surface area contributed by atoms with E-state index >= 15 is 0 Å². The van der Waals surface area contributed by atoms with E-state index in [9.17, 15) is 0 Å². The topological polar surface area (TPSA) is 55.6 Å². The van der Waals surface area contributed by atoms with Crippen molar-refractivity contribution >= 4 is 72.0 Å². The Bertz CT molecular complexity index is 3020. The zero-order valence-corrected chi connectivity index (χ0v) is 28.0. The summed E-state index contributed by atoms with van der Waals surface area (Å²) in [5.74, 6) is 0.595. The van der Waals surface area contributed by atoms with Crippen molar-refractivity contribution in [2.24, 2.45) is 0 Å². The van der Waals surface area contributed by atoms with Crippen molar-refractivity contribution in [3.8, 4) is 22.6 Å². The maximum atomic E-state index is 6.42. The average Bonchev–Trinajstić information content (AvgIpc) is 3.91. The molecule has 0 spiro atoms. The Morgan fingerprint density at radius 2 is 1.06 bits per heavy atom. The highest BCUT2D eigenvalue weighted by Crippen LogP contribution is 2.51. The molecule has 0 aliphatic heterocycles. The molecular weight excluding hydrogens is 629 g/mol. The van der Waals surface area contributed by atoms with E-state index < -0.39 is 0 Å². The zero-order valence-electron chi connectivity index (χ0n) is 28.0. The molecule has 0 bridgehead atoms. The number of hydrogen-bond donors (Lipinski definition) is 0. The molecule has 11 rings (SSSR count). The lowest BCUT2D eigenvalue weighted by Crippen LogP contribution is -2.15. The molecule has 1 aliphatic carbocycles. The van der Waals surface area contributed by atoms with Gasteiger partial charge in [-0.3, -0.25) is 0 Å². The summed E-state index contributed by atoms with van der Waals surface area (Å²) in [5.41, 5.74) is 14.1. The predicted octanol–water partition coefficient (Wildman–Crippen LogP) is 13.1. The Hall–Kier alpha value is -6.59. The maximum absolute atomic E-state index is 6.42. The standard InChI is InChI=1S/C46H30N2O3/c1-46(2)37-14-8-6-12-31(37)33-22-28(16-19-38(33)46)48(29-17-20-41-34(23-29)32-13-7-9-15-40(32)49-41)30-18-21-42-35(24-30)36-25-39-44(26-43(36)50-42)51-45(47-39)27-10-4-3-5-11-27/h3-26H,1-2H3. The number of benzene rings is 7. The number of hydrogen-bond acceptors (Lipinski definition) is 5. The largest absolute Gasteiger partial charge is 0.456 e. The number of aromatic nitrogens is 1. The van der Waals surface area contributed by atoms with Crippen LogP contribution in [0, 0.1) is 0 Å². The molecule has 0 unspecified atom stereocenters. The first-order valence-corrected chi connectivity index (χ1v) is 17.3. The number of oxazole rings is 1. The lowest BCUT2D eigenvalue weighted by molar-refractivity contribution is 0.617. The van der Waals surface area contributed by atoms with Gasteiger partial charge in [0.25, 0.3) is 0 Å². The van der Waals surface area contributed by atoms with Crippen LogP contribution >= 0.6 is 0 Å². The van der Waals surface area contributed by atoms with E-state index in [4.69, 9.17) is 18.2 Å². The summed E-state index contributed by atoms with van der Waals surface area (Å²) in [5, 5.41) is 4.19. The number of furan rings is 2. The summed E-state index contributed by atoms with van der Waals surface area (Å²) in [4.78, 5) is 7.20. The molecule has 3 aromatic heterocycles. The summed E-state index contributed by atoms with van der Waals surface area (Å²) in [6.45, 7) is 4.64. The Kier molecular flexibility index (Phi) is 5.66. The normalized spacial score (nSPS) is 13.5. The quantitative estimate of drug-likeness (QED) is 0.188. The van der Waals surface area contributed by atoms with Crippen LogP contribution in [0.5, 0.6) is 0 Å². The summed E-state index contributed by atoms with van der Waals surface area (Å²) < 4.78 is 18.8. The monoisotopic (exact) mass is 658 g/mol. The van der Waals surface area contributed by atoms with Crippen LogP contribution in [0.3, 0.4) is 0 Å². The molecule has 5 nitrogen and oxygen atoms in total. The summed E-state index contributed by atoms with van der Waals surface area (Å²) in [6, 6.07) is 50.9. The molecule has 0 atom stereocenters. The van der Waals surface area contributed by atoms with Gasteiger partial charge in [0, 0.05) is 55.7 Å². The minimum atomic E-state index is -0.0780. The van der Waals surface area contributed by atoms with Gasteiger partial charge in [0.05, 0.1) is 0 Å². The van der Waals surface area contributed by atoms with Crippen molar-refractivity contribution in [2.45, 2.75) is 19.3 Å². The van der Waals surface area contributed by atoms with E-state index in [1.165, 1.54) is 22.3 Å². The van der Waals surface area contributed by atoms with Crippen LogP contribution in [0.1, 0.15) is 25.0 Å². The number of fused-ring (bicyclic) bond motifs is 10. The number of nitrogens with zero attached hydrogens (tertiary/aromatic N) is 2. The smallest absolute Gasteiger partial charge is 0.227 e. The van der Waals surface area contributed by atoms with Gasteiger partial charge >= 0.3 is 0 Å². The maximum Gasteiger partial charge on any atom is 0.227 e. The summed E-state index contributed by atoms with van der Waals surface area (Å²) >= 11 is 0. The van der Waals surface area contributed by atoms with Crippen LogP contribution in [0.25, 0.3) is 77.6 Å². The minimum absolute atomic E-state index is 0.0780. The highest BCUT2D eigenvalue weighted by molar-refractivity contribution is 6.11. The Labute approximate surface area is 293 Å². The molecule has 5 heteroatoms. The summed E-state index contributed by atoms with van der Waals surface area (Å²) in [7, 11) is 0. The van der Waals surface area contributed by atoms with Crippen molar-refractivity contribution in [1.82, 2.24) is 4.98 Å². The highest BCUT2D eigenvalue weighted by Gasteiger charge is 2.35. The van der Waals surface area contributed by atoms with Crippen LogP contribution < -0.4 is 4.90 Å². The molecule has 0 fully saturated rings. The molecule has 0 N–H and O–H groups in total. The molecule has 0 amide bonds. The predicted molar refractivity (Wildman–Crippen MR) is 206 cm³/mol. The SMILES string of the molecule is CC1(C)c2ccccc2-c2cc(N(c3ccc4oc5ccccc5c4c3)c3ccc4oc5cc6oc(-c7ccccc7)nc6cc5c4c3)ccc21. The zero-order chi connectivity index (χ0) is 33.8. The van der Waals surface area contributed by atoms with Gasteiger partial charge in [0.15, 0.2) is 5.58 Å². The Morgan fingerprint density at radius 3 is 1.88 bits per heavy atom. The fourth-order valence-electron chi connectivity index (χ4n) is 8.18. The van der Waals surface area contributed by atoms with E-state index in [0.717, 1.165) is 72.0 Å². The number of anilines is 3. The van der Waals surface area contributed by atoms with Gasteiger partial charge in [0.2, 0.25) is 5.89 Å². The van der Waals surface area contributed by atoms with Crippen molar-refractivity contribution in [3.05, 3.63) is 157 Å². The lowest BCUT2D eigenvalue weighted by atomic mass is 9.82. The fraction of sp³-hybridized carbons (Fsp3) is 0.0652.